The van der Waals surface area contributed by atoms with Crippen LogP contribution < -0.4 is 0 Å². The van der Waals surface area contributed by atoms with Crippen LogP contribution in [0.2, 0.25) is 0 Å². The predicted molar refractivity (Wildman–Crippen MR) is 118 cm³/mol. The Morgan fingerprint density at radius 1 is 1.19 bits per heavy atom. The molecule has 0 N–H and O–H groups in total. The molecule has 0 aromatic carbocycles. The van der Waals surface area contributed by atoms with Gasteiger partial charge in [0.1, 0.15) is 0 Å². The molecule has 5 atom stereocenters. The first-order chi connectivity index (χ1) is 12.8. The minimum Gasteiger partial charge on any atom is -0.493 e. The highest BCUT2D eigenvalue weighted by atomic mass is 127. The quantitative estimate of drug-likeness (QED) is 0.194. The van der Waals surface area contributed by atoms with E-state index < -0.39 is 5.60 Å². The van der Waals surface area contributed by atoms with Gasteiger partial charge in [-0.1, -0.05) is 51.3 Å². The fourth-order valence-electron chi connectivity index (χ4n) is 6.28. The van der Waals surface area contributed by atoms with Gasteiger partial charge in [-0.2, -0.15) is 0 Å². The molecular weight excluding hydrogens is 570 g/mol. The maximum atomic E-state index is 12.4. The summed E-state index contributed by atoms with van der Waals surface area (Å²) in [6, 6.07) is 0. The number of methoxy groups -OCH3 is 1. The highest BCUT2D eigenvalue weighted by Crippen LogP contribution is 2.67. The van der Waals surface area contributed by atoms with Crippen LogP contribution in [0.5, 0.6) is 0 Å². The number of halogens is 2. The lowest BCUT2D eigenvalue weighted by atomic mass is 9.57. The van der Waals surface area contributed by atoms with Gasteiger partial charge in [0.2, 0.25) is 0 Å². The first-order valence-corrected chi connectivity index (χ1v) is 11.8. The van der Waals surface area contributed by atoms with Crippen LogP contribution in [-0.4, -0.2) is 31.3 Å². The first-order valence-electron chi connectivity index (χ1n) is 9.65. The van der Waals surface area contributed by atoms with E-state index in [4.69, 9.17) is 9.47 Å². The van der Waals surface area contributed by atoms with Crippen molar-refractivity contribution < 1.29 is 19.1 Å². The Kier molecular flexibility index (Phi) is 4.18. The van der Waals surface area contributed by atoms with E-state index in [1.54, 1.807) is 13.2 Å². The van der Waals surface area contributed by atoms with Crippen LogP contribution in [0.1, 0.15) is 44.9 Å². The molecule has 2 fully saturated rings. The summed E-state index contributed by atoms with van der Waals surface area (Å²) in [5.41, 5.74) is 2.07. The molecule has 6 heteroatoms. The number of hydrogen-bond donors (Lipinski definition) is 0. The molecule has 144 valence electrons. The smallest absolute Gasteiger partial charge is 0.331 e. The van der Waals surface area contributed by atoms with Gasteiger partial charge in [0, 0.05) is 15.9 Å². The van der Waals surface area contributed by atoms with Crippen LogP contribution in [-0.2, 0) is 19.1 Å². The Labute approximate surface area is 186 Å². The maximum absolute atomic E-state index is 12.4. The molecule has 1 aliphatic heterocycles. The summed E-state index contributed by atoms with van der Waals surface area (Å²) in [5, 5.41) is 0. The van der Waals surface area contributed by atoms with E-state index in [0.717, 1.165) is 38.5 Å². The summed E-state index contributed by atoms with van der Waals surface area (Å²) in [6.07, 6.45) is 12.3. The van der Waals surface area contributed by atoms with Crippen molar-refractivity contribution in [1.82, 2.24) is 0 Å². The molecule has 1 heterocycles. The van der Waals surface area contributed by atoms with Crippen LogP contribution in [0.3, 0.4) is 0 Å². The standard InChI is InChI=1S/C21H22I2O4/c1-26-18-14-5-10-20(22)13-4-8-19(9-7-17(25)27-19)12(13)2-3-16(20)21(14,23)11-6-15(18)24/h2,7,9,13,16H,3-6,8,10-11H2,1H3/t13?,16?,19-,20?,21?/m1/s1. The number of rotatable bonds is 1. The lowest BCUT2D eigenvalue weighted by Crippen LogP contribution is -2.57. The van der Waals surface area contributed by atoms with Gasteiger partial charge in [-0.25, -0.2) is 4.79 Å². The molecule has 0 aromatic rings. The molecule has 0 aromatic heterocycles. The van der Waals surface area contributed by atoms with E-state index in [9.17, 15) is 9.59 Å². The van der Waals surface area contributed by atoms with Gasteiger partial charge in [0.05, 0.1) is 10.5 Å². The number of hydrogen-bond acceptors (Lipinski definition) is 4. The van der Waals surface area contributed by atoms with Crippen molar-refractivity contribution in [3.8, 4) is 0 Å². The number of allylic oxidation sites excluding steroid dienone is 3. The van der Waals surface area contributed by atoms with Crippen molar-refractivity contribution in [1.29, 1.82) is 0 Å². The highest BCUT2D eigenvalue weighted by molar-refractivity contribution is 14.1. The van der Waals surface area contributed by atoms with Crippen molar-refractivity contribution in [3.63, 3.8) is 0 Å². The van der Waals surface area contributed by atoms with Crippen molar-refractivity contribution in [2.24, 2.45) is 11.8 Å². The second-order valence-electron chi connectivity index (χ2n) is 8.41. The average molecular weight is 592 g/mol. The summed E-state index contributed by atoms with van der Waals surface area (Å²) < 4.78 is 11.5. The molecule has 0 radical (unpaired) electrons. The van der Waals surface area contributed by atoms with E-state index in [0.29, 0.717) is 24.0 Å². The summed E-state index contributed by atoms with van der Waals surface area (Å²) in [5.74, 6) is 1.48. The fraction of sp³-hybridized carbons (Fsp3) is 0.619. The number of carbonyl (C=O) groups excluding carboxylic acids is 2. The lowest BCUT2D eigenvalue weighted by Gasteiger charge is -2.57. The normalized spacial score (nSPS) is 45.4. The summed E-state index contributed by atoms with van der Waals surface area (Å²) in [7, 11) is 1.63. The van der Waals surface area contributed by atoms with Crippen LogP contribution in [0, 0.1) is 11.8 Å². The number of fused-ring (bicyclic) bond motifs is 6. The van der Waals surface area contributed by atoms with Crippen LogP contribution >= 0.6 is 45.2 Å². The number of esters is 1. The number of carbonyl (C=O) groups is 2. The minimum absolute atomic E-state index is 0.0174. The summed E-state index contributed by atoms with van der Waals surface area (Å²) >= 11 is 5.36. The second kappa shape index (κ2) is 6.06. The molecule has 4 unspecified atom stereocenters. The molecule has 4 aliphatic carbocycles. The van der Waals surface area contributed by atoms with Crippen molar-refractivity contribution in [3.05, 3.63) is 35.1 Å². The number of ketones is 1. The molecule has 0 saturated heterocycles. The Balaban J connectivity index is 1.58. The summed E-state index contributed by atoms with van der Waals surface area (Å²) in [6.45, 7) is 0. The molecule has 0 bridgehead atoms. The lowest BCUT2D eigenvalue weighted by molar-refractivity contribution is -0.142. The van der Waals surface area contributed by atoms with E-state index in [1.165, 1.54) is 11.1 Å². The van der Waals surface area contributed by atoms with Crippen LogP contribution in [0.25, 0.3) is 0 Å². The van der Waals surface area contributed by atoms with Crippen molar-refractivity contribution in [2.45, 2.75) is 57.4 Å². The Morgan fingerprint density at radius 2 is 2.00 bits per heavy atom. The van der Waals surface area contributed by atoms with Gasteiger partial charge in [-0.15, -0.1) is 0 Å². The second-order valence-corrected chi connectivity index (χ2v) is 12.3. The fourth-order valence-corrected chi connectivity index (χ4v) is 10.2. The molecule has 27 heavy (non-hydrogen) atoms. The van der Waals surface area contributed by atoms with Crippen molar-refractivity contribution >= 4 is 56.9 Å². The monoisotopic (exact) mass is 592 g/mol. The molecule has 2 saturated carbocycles. The van der Waals surface area contributed by atoms with E-state index in [-0.39, 0.29) is 18.6 Å². The minimum atomic E-state index is -0.486. The Hall–Kier alpha value is -0.380. The largest absolute Gasteiger partial charge is 0.493 e. The topological polar surface area (TPSA) is 52.6 Å². The number of alkyl halides is 2. The molecular formula is C21H22I2O4. The van der Waals surface area contributed by atoms with Gasteiger partial charge < -0.3 is 9.47 Å². The zero-order valence-electron chi connectivity index (χ0n) is 15.2. The van der Waals surface area contributed by atoms with E-state index in [1.807, 2.05) is 6.08 Å². The first kappa shape index (κ1) is 18.6. The molecule has 5 rings (SSSR count). The Bertz CT molecular complexity index is 843. The van der Waals surface area contributed by atoms with E-state index in [2.05, 4.69) is 51.3 Å². The van der Waals surface area contributed by atoms with Gasteiger partial charge in [0.15, 0.2) is 17.1 Å². The third-order valence-electron chi connectivity index (χ3n) is 7.43. The average Bonchev–Trinajstić information content (AvgIpc) is 3.20. The number of Topliss-reactive ketones (excluding diaryl/α,β-unsaturated/α-hetero) is 1. The number of ether oxygens (including phenoxy) is 2. The summed E-state index contributed by atoms with van der Waals surface area (Å²) in [4.78, 5) is 24.2. The van der Waals surface area contributed by atoms with Gasteiger partial charge in [-0.3, -0.25) is 4.79 Å². The molecule has 5 aliphatic rings. The van der Waals surface area contributed by atoms with Gasteiger partial charge in [0.25, 0.3) is 0 Å². The Morgan fingerprint density at radius 3 is 2.70 bits per heavy atom. The third-order valence-corrected chi connectivity index (χ3v) is 11.4. The van der Waals surface area contributed by atoms with Gasteiger partial charge >= 0.3 is 5.97 Å². The van der Waals surface area contributed by atoms with Gasteiger partial charge in [-0.05, 0) is 67.6 Å². The van der Waals surface area contributed by atoms with Crippen LogP contribution in [0.4, 0.5) is 0 Å². The van der Waals surface area contributed by atoms with Crippen LogP contribution in [0.15, 0.2) is 35.1 Å². The zero-order valence-corrected chi connectivity index (χ0v) is 19.5. The molecule has 1 spiro atoms. The zero-order chi connectivity index (χ0) is 19.0. The SMILES string of the molecule is COC1=C2CCC3(I)C4CC[C@@]5(C=CC(=O)O5)C4=CCC3C2(I)CCC1=O. The predicted octanol–water partition coefficient (Wildman–Crippen LogP) is 4.60. The third kappa shape index (κ3) is 2.37. The molecule has 4 nitrogen and oxygen atoms in total. The highest BCUT2D eigenvalue weighted by Gasteiger charge is 2.64. The van der Waals surface area contributed by atoms with E-state index >= 15 is 0 Å². The molecule has 0 amide bonds. The van der Waals surface area contributed by atoms with Crippen molar-refractivity contribution in [2.75, 3.05) is 7.11 Å². The maximum Gasteiger partial charge on any atom is 0.331 e.